The van der Waals surface area contributed by atoms with Gasteiger partial charge < -0.3 is 19.5 Å². The van der Waals surface area contributed by atoms with E-state index in [4.69, 9.17) is 4.74 Å². The first-order valence-corrected chi connectivity index (χ1v) is 11.3. The normalized spacial score (nSPS) is 18.9. The third kappa shape index (κ3) is 4.19. The van der Waals surface area contributed by atoms with Crippen molar-refractivity contribution in [2.75, 3.05) is 30.8 Å². The van der Waals surface area contributed by atoms with Crippen molar-refractivity contribution in [3.63, 3.8) is 0 Å². The van der Waals surface area contributed by atoms with Gasteiger partial charge in [-0.05, 0) is 42.7 Å². The van der Waals surface area contributed by atoms with Crippen molar-refractivity contribution in [1.29, 1.82) is 0 Å². The number of hydrogen-bond acceptors (Lipinski definition) is 7. The SMILES string of the molecule is COc1ccc(NC(=O)Nc2snnc2C(=O)N2CC3CC(C2)c2cccc(=O)n2C3)cc1. The number of likely N-dealkylation sites (tertiary alicyclic amines) is 1. The van der Waals surface area contributed by atoms with Crippen LogP contribution in [0.3, 0.4) is 0 Å². The number of fused-ring (bicyclic) bond motifs is 4. The summed E-state index contributed by atoms with van der Waals surface area (Å²) in [5.74, 6) is 0.697. The molecule has 2 aliphatic heterocycles. The van der Waals surface area contributed by atoms with Crippen LogP contribution in [-0.2, 0) is 6.54 Å². The Bertz CT molecular complexity index is 1250. The van der Waals surface area contributed by atoms with Crippen LogP contribution in [0.4, 0.5) is 15.5 Å². The van der Waals surface area contributed by atoms with Crippen molar-refractivity contribution in [2.45, 2.75) is 18.9 Å². The second-order valence-corrected chi connectivity index (χ2v) is 8.92. The summed E-state index contributed by atoms with van der Waals surface area (Å²) >= 11 is 0.953. The molecule has 11 heteroatoms. The van der Waals surface area contributed by atoms with Crippen LogP contribution in [-0.4, -0.2) is 51.2 Å². The smallest absolute Gasteiger partial charge is 0.324 e. The van der Waals surface area contributed by atoms with Crippen molar-refractivity contribution in [3.05, 3.63) is 64.2 Å². The zero-order chi connectivity index (χ0) is 22.9. The fourth-order valence-electron chi connectivity index (χ4n) is 4.56. The van der Waals surface area contributed by atoms with Gasteiger partial charge in [0, 0.05) is 54.5 Å². The molecule has 0 spiro atoms. The highest BCUT2D eigenvalue weighted by Crippen LogP contribution is 2.36. The summed E-state index contributed by atoms with van der Waals surface area (Å²) in [6.07, 6.45) is 0.942. The number of urea groups is 1. The maximum Gasteiger partial charge on any atom is 0.324 e. The third-order valence-electron chi connectivity index (χ3n) is 6.03. The van der Waals surface area contributed by atoms with Crippen LogP contribution in [0.25, 0.3) is 0 Å². The molecule has 170 valence electrons. The Morgan fingerprint density at radius 3 is 2.70 bits per heavy atom. The van der Waals surface area contributed by atoms with E-state index < -0.39 is 6.03 Å². The van der Waals surface area contributed by atoms with Gasteiger partial charge >= 0.3 is 6.03 Å². The van der Waals surface area contributed by atoms with Gasteiger partial charge in [0.15, 0.2) is 10.7 Å². The summed E-state index contributed by atoms with van der Waals surface area (Å²) in [6.45, 7) is 1.62. The van der Waals surface area contributed by atoms with Crippen molar-refractivity contribution in [3.8, 4) is 5.75 Å². The lowest BCUT2D eigenvalue weighted by Crippen LogP contribution is -2.49. The molecule has 2 N–H and O–H groups in total. The van der Waals surface area contributed by atoms with E-state index in [0.717, 1.165) is 23.6 Å². The monoisotopic (exact) mass is 466 g/mol. The van der Waals surface area contributed by atoms with E-state index in [9.17, 15) is 14.4 Å². The Morgan fingerprint density at radius 1 is 1.09 bits per heavy atom. The zero-order valence-corrected chi connectivity index (χ0v) is 18.7. The fraction of sp³-hybridized carbons (Fsp3) is 0.318. The molecule has 1 fully saturated rings. The minimum atomic E-state index is -0.496. The lowest BCUT2D eigenvalue weighted by molar-refractivity contribution is 0.0590. The standard InChI is InChI=1S/C22H22N6O4S/c1-32-16-7-5-15(6-8-16)23-22(31)24-20-19(25-26-33-20)21(30)27-10-13-9-14(12-27)17-3-2-4-18(29)28(17)11-13/h2-8,13-14H,9-12H2,1H3,(H2,23,24,31). The minimum absolute atomic E-state index is 0.0000337. The molecule has 0 aliphatic carbocycles. The van der Waals surface area contributed by atoms with Gasteiger partial charge in [0.1, 0.15) is 5.75 Å². The zero-order valence-electron chi connectivity index (χ0n) is 17.9. The van der Waals surface area contributed by atoms with E-state index in [1.165, 1.54) is 0 Å². The van der Waals surface area contributed by atoms with Gasteiger partial charge in [0.25, 0.3) is 11.5 Å². The van der Waals surface area contributed by atoms with Gasteiger partial charge in [-0.3, -0.25) is 14.9 Å². The van der Waals surface area contributed by atoms with Crippen molar-refractivity contribution in [1.82, 2.24) is 19.1 Å². The Kier molecular flexibility index (Phi) is 5.55. The van der Waals surface area contributed by atoms with E-state index in [2.05, 4.69) is 20.2 Å². The first-order chi connectivity index (χ1) is 16.0. The van der Waals surface area contributed by atoms with Gasteiger partial charge in [-0.15, -0.1) is 5.10 Å². The highest BCUT2D eigenvalue weighted by Gasteiger charge is 2.37. The van der Waals surface area contributed by atoms with Crippen LogP contribution in [0.15, 0.2) is 47.3 Å². The molecule has 2 atom stereocenters. The average molecular weight is 467 g/mol. The molecule has 1 saturated heterocycles. The molecular formula is C22H22N6O4S. The number of benzene rings is 1. The Labute approximate surface area is 193 Å². The van der Waals surface area contributed by atoms with E-state index >= 15 is 0 Å². The third-order valence-corrected chi connectivity index (χ3v) is 6.67. The number of hydrogen-bond donors (Lipinski definition) is 2. The number of pyridine rings is 1. The molecule has 0 saturated carbocycles. The molecule has 2 unspecified atom stereocenters. The molecule has 5 rings (SSSR count). The summed E-state index contributed by atoms with van der Waals surface area (Å²) in [4.78, 5) is 39.7. The number of carbonyl (C=O) groups excluding carboxylic acids is 2. The highest BCUT2D eigenvalue weighted by atomic mass is 32.1. The van der Waals surface area contributed by atoms with E-state index in [1.54, 1.807) is 48.4 Å². The quantitative estimate of drug-likeness (QED) is 0.610. The van der Waals surface area contributed by atoms with Crippen LogP contribution >= 0.6 is 11.5 Å². The molecule has 3 aromatic rings. The maximum atomic E-state index is 13.3. The number of piperidine rings is 1. The van der Waals surface area contributed by atoms with Crippen LogP contribution < -0.4 is 20.9 Å². The molecule has 2 aliphatic rings. The summed E-state index contributed by atoms with van der Waals surface area (Å²) in [5, 5.41) is 9.67. The van der Waals surface area contributed by atoms with Gasteiger partial charge in [0.05, 0.1) is 7.11 Å². The first kappa shape index (κ1) is 21.1. The van der Waals surface area contributed by atoms with Gasteiger partial charge in [0.2, 0.25) is 0 Å². The molecule has 33 heavy (non-hydrogen) atoms. The molecule has 4 heterocycles. The number of carbonyl (C=O) groups is 2. The van der Waals surface area contributed by atoms with E-state index in [0.29, 0.717) is 36.1 Å². The van der Waals surface area contributed by atoms with Crippen LogP contribution in [0.5, 0.6) is 5.75 Å². The Hall–Kier alpha value is -3.73. The summed E-state index contributed by atoms with van der Waals surface area (Å²) in [5.41, 5.74) is 1.66. The summed E-state index contributed by atoms with van der Waals surface area (Å²) < 4.78 is 10.8. The minimum Gasteiger partial charge on any atom is -0.497 e. The lowest BCUT2D eigenvalue weighted by atomic mass is 9.83. The van der Waals surface area contributed by atoms with Gasteiger partial charge in [-0.2, -0.15) is 0 Å². The number of nitrogens with one attached hydrogen (secondary N) is 2. The van der Waals surface area contributed by atoms with Crippen molar-refractivity contribution >= 4 is 34.2 Å². The molecular weight excluding hydrogens is 444 g/mol. The lowest BCUT2D eigenvalue weighted by Gasteiger charge is -2.42. The van der Waals surface area contributed by atoms with Crippen LogP contribution in [0.2, 0.25) is 0 Å². The second kappa shape index (κ2) is 8.66. The van der Waals surface area contributed by atoms with E-state index in [-0.39, 0.29) is 29.0 Å². The Balaban J connectivity index is 1.28. The second-order valence-electron chi connectivity index (χ2n) is 8.17. The number of ether oxygens (including phenoxy) is 1. The number of rotatable bonds is 4. The first-order valence-electron chi connectivity index (χ1n) is 10.5. The molecule has 2 aromatic heterocycles. The van der Waals surface area contributed by atoms with Crippen LogP contribution in [0.1, 0.15) is 28.5 Å². The predicted molar refractivity (Wildman–Crippen MR) is 123 cm³/mol. The summed E-state index contributed by atoms with van der Waals surface area (Å²) in [6, 6.07) is 11.7. The van der Waals surface area contributed by atoms with E-state index in [1.807, 2.05) is 10.6 Å². The Morgan fingerprint density at radius 2 is 1.91 bits per heavy atom. The molecule has 10 nitrogen and oxygen atoms in total. The number of anilines is 2. The number of aromatic nitrogens is 3. The molecule has 1 aromatic carbocycles. The fourth-order valence-corrected chi connectivity index (χ4v) is 5.12. The van der Waals surface area contributed by atoms with Crippen LogP contribution in [0, 0.1) is 5.92 Å². The topological polar surface area (TPSA) is 118 Å². The highest BCUT2D eigenvalue weighted by molar-refractivity contribution is 7.10. The largest absolute Gasteiger partial charge is 0.497 e. The molecule has 0 radical (unpaired) electrons. The summed E-state index contributed by atoms with van der Waals surface area (Å²) in [7, 11) is 1.57. The van der Waals surface area contributed by atoms with Gasteiger partial charge in [-0.1, -0.05) is 10.6 Å². The molecule has 2 bridgehead atoms. The number of nitrogens with zero attached hydrogens (tertiary/aromatic N) is 4. The molecule has 3 amide bonds. The van der Waals surface area contributed by atoms with Gasteiger partial charge in [-0.25, -0.2) is 4.79 Å². The van der Waals surface area contributed by atoms with Crippen molar-refractivity contribution < 1.29 is 14.3 Å². The van der Waals surface area contributed by atoms with Crippen molar-refractivity contribution in [2.24, 2.45) is 5.92 Å². The number of amides is 3. The average Bonchev–Trinajstić information content (AvgIpc) is 3.27. The predicted octanol–water partition coefficient (Wildman–Crippen LogP) is 2.61. The maximum absolute atomic E-state index is 13.3. The number of methoxy groups -OCH3 is 1.